The summed E-state index contributed by atoms with van der Waals surface area (Å²) >= 11 is 0. The molecule has 0 bridgehead atoms. The molecule has 0 saturated carbocycles. The van der Waals surface area contributed by atoms with Gasteiger partial charge in [0.1, 0.15) is 5.69 Å². The van der Waals surface area contributed by atoms with Gasteiger partial charge in [-0.1, -0.05) is 27.2 Å². The van der Waals surface area contributed by atoms with Gasteiger partial charge in [0.15, 0.2) is 23.3 Å². The Morgan fingerprint density at radius 2 is 1.25 bits per heavy atom. The summed E-state index contributed by atoms with van der Waals surface area (Å²) in [6, 6.07) is -0.349. The van der Waals surface area contributed by atoms with E-state index in [1.165, 1.54) is 0 Å². The van der Waals surface area contributed by atoms with Crippen LogP contribution in [0.2, 0.25) is 0 Å². The molecule has 1 aromatic carbocycles. The topological polar surface area (TPSA) is 12.0 Å². The molecule has 2 atom stereocenters. The van der Waals surface area contributed by atoms with Crippen molar-refractivity contribution in [1.82, 2.24) is 0 Å². The van der Waals surface area contributed by atoms with Crippen molar-refractivity contribution in [2.45, 2.75) is 46.1 Å². The van der Waals surface area contributed by atoms with Gasteiger partial charge in [0.05, 0.1) is 0 Å². The zero-order chi connectivity index (χ0) is 15.4. The number of halogens is 5. The Bertz CT molecular complexity index is 446. The zero-order valence-corrected chi connectivity index (χ0v) is 11.7. The van der Waals surface area contributed by atoms with E-state index in [0.29, 0.717) is 12.8 Å². The van der Waals surface area contributed by atoms with E-state index in [4.69, 9.17) is 0 Å². The first-order valence-corrected chi connectivity index (χ1v) is 6.61. The van der Waals surface area contributed by atoms with Gasteiger partial charge in [0.2, 0.25) is 5.82 Å². The Labute approximate surface area is 115 Å². The number of anilines is 1. The highest BCUT2D eigenvalue weighted by molar-refractivity contribution is 5.48. The Morgan fingerprint density at radius 3 is 1.65 bits per heavy atom. The summed E-state index contributed by atoms with van der Waals surface area (Å²) in [6.07, 6.45) is 1.98. The zero-order valence-electron chi connectivity index (χ0n) is 11.7. The molecule has 114 valence electrons. The molecule has 1 aromatic rings. The predicted octanol–water partition coefficient (Wildman–Crippen LogP) is 5.01. The van der Waals surface area contributed by atoms with Gasteiger partial charge in [0, 0.05) is 6.04 Å². The maximum Gasteiger partial charge on any atom is 0.200 e. The molecule has 1 rings (SSSR count). The molecule has 1 N–H and O–H groups in total. The third-order valence-electron chi connectivity index (χ3n) is 3.43. The summed E-state index contributed by atoms with van der Waals surface area (Å²) in [5.74, 6) is -9.34. The SMILES string of the molecule is CCC(C)CC(CC)Nc1c(F)c(F)c(F)c(F)c1F. The molecule has 0 aliphatic heterocycles. The molecule has 0 aliphatic rings. The summed E-state index contributed by atoms with van der Waals surface area (Å²) in [6.45, 7) is 5.71. The molecule has 6 heteroatoms. The van der Waals surface area contributed by atoms with Crippen LogP contribution in [0.15, 0.2) is 0 Å². The van der Waals surface area contributed by atoms with Crippen molar-refractivity contribution in [1.29, 1.82) is 0 Å². The second-order valence-corrected chi connectivity index (χ2v) is 4.94. The van der Waals surface area contributed by atoms with Gasteiger partial charge in [-0.05, 0) is 18.8 Å². The Kier molecular flexibility index (Phi) is 5.77. The van der Waals surface area contributed by atoms with Crippen molar-refractivity contribution in [3.05, 3.63) is 29.1 Å². The molecule has 0 saturated heterocycles. The minimum absolute atomic E-state index is 0.286. The third kappa shape index (κ3) is 3.41. The fourth-order valence-corrected chi connectivity index (χ4v) is 1.92. The molecule has 0 radical (unpaired) electrons. The van der Waals surface area contributed by atoms with Crippen LogP contribution in [-0.4, -0.2) is 6.04 Å². The molecular formula is C14H18F5N. The molecule has 0 spiro atoms. The lowest BCUT2D eigenvalue weighted by molar-refractivity contribution is 0.378. The number of hydrogen-bond acceptors (Lipinski definition) is 1. The average molecular weight is 295 g/mol. The van der Waals surface area contributed by atoms with E-state index in [-0.39, 0.29) is 12.0 Å². The summed E-state index contributed by atoms with van der Waals surface area (Å²) < 4.78 is 66.2. The van der Waals surface area contributed by atoms with Gasteiger partial charge >= 0.3 is 0 Å². The monoisotopic (exact) mass is 295 g/mol. The van der Waals surface area contributed by atoms with E-state index in [0.717, 1.165) is 6.42 Å². The first-order valence-electron chi connectivity index (χ1n) is 6.61. The van der Waals surface area contributed by atoms with E-state index in [9.17, 15) is 22.0 Å². The van der Waals surface area contributed by atoms with Gasteiger partial charge in [0.25, 0.3) is 0 Å². The first-order chi connectivity index (χ1) is 9.33. The van der Waals surface area contributed by atoms with Crippen LogP contribution in [0.1, 0.15) is 40.0 Å². The van der Waals surface area contributed by atoms with E-state index >= 15 is 0 Å². The molecule has 20 heavy (non-hydrogen) atoms. The van der Waals surface area contributed by atoms with Crippen LogP contribution in [0.25, 0.3) is 0 Å². The Balaban J connectivity index is 3.08. The molecule has 0 fully saturated rings. The predicted molar refractivity (Wildman–Crippen MR) is 68.0 cm³/mol. The summed E-state index contributed by atoms with van der Waals surface area (Å²) in [7, 11) is 0. The lowest BCUT2D eigenvalue weighted by atomic mass is 9.97. The number of benzene rings is 1. The third-order valence-corrected chi connectivity index (χ3v) is 3.43. The quantitative estimate of drug-likeness (QED) is 0.442. The number of nitrogens with one attached hydrogen (secondary N) is 1. The minimum atomic E-state index is -2.14. The van der Waals surface area contributed by atoms with E-state index in [2.05, 4.69) is 5.32 Å². The Morgan fingerprint density at radius 1 is 0.800 bits per heavy atom. The molecule has 0 amide bonds. The first kappa shape index (κ1) is 16.7. The van der Waals surface area contributed by atoms with Crippen LogP contribution < -0.4 is 5.32 Å². The Hall–Kier alpha value is -1.33. The maximum absolute atomic E-state index is 13.5. The van der Waals surface area contributed by atoms with Crippen LogP contribution in [0, 0.1) is 35.0 Å². The van der Waals surface area contributed by atoms with Crippen molar-refractivity contribution >= 4 is 5.69 Å². The minimum Gasteiger partial charge on any atom is -0.377 e. The van der Waals surface area contributed by atoms with Crippen molar-refractivity contribution < 1.29 is 22.0 Å². The molecule has 1 nitrogen and oxygen atoms in total. The normalized spacial score (nSPS) is 14.2. The van der Waals surface area contributed by atoms with Crippen LogP contribution in [0.3, 0.4) is 0 Å². The molecule has 0 heterocycles. The van der Waals surface area contributed by atoms with E-state index < -0.39 is 34.8 Å². The number of hydrogen-bond donors (Lipinski definition) is 1. The van der Waals surface area contributed by atoms with Crippen molar-refractivity contribution in [2.75, 3.05) is 5.32 Å². The molecule has 0 aliphatic carbocycles. The van der Waals surface area contributed by atoms with E-state index in [1.54, 1.807) is 6.92 Å². The highest BCUT2D eigenvalue weighted by atomic mass is 19.2. The lowest BCUT2D eigenvalue weighted by Crippen LogP contribution is -2.23. The molecule has 0 aromatic heterocycles. The standard InChI is InChI=1S/C14H18F5N/c1-4-7(3)6-8(5-2)20-14-12(18)10(16)9(15)11(17)13(14)19/h7-8,20H,4-6H2,1-3H3. The second-order valence-electron chi connectivity index (χ2n) is 4.94. The van der Waals surface area contributed by atoms with E-state index in [1.807, 2.05) is 13.8 Å². The van der Waals surface area contributed by atoms with Crippen molar-refractivity contribution in [3.63, 3.8) is 0 Å². The van der Waals surface area contributed by atoms with Crippen LogP contribution in [0.4, 0.5) is 27.6 Å². The van der Waals surface area contributed by atoms with Gasteiger partial charge in [-0.15, -0.1) is 0 Å². The van der Waals surface area contributed by atoms with Crippen molar-refractivity contribution in [3.8, 4) is 0 Å². The lowest BCUT2D eigenvalue weighted by Gasteiger charge is -2.22. The number of rotatable bonds is 6. The molecular weight excluding hydrogens is 277 g/mol. The largest absolute Gasteiger partial charge is 0.377 e. The van der Waals surface area contributed by atoms with Gasteiger partial charge in [-0.25, -0.2) is 22.0 Å². The summed E-state index contributed by atoms with van der Waals surface area (Å²) in [5.41, 5.74) is -0.948. The van der Waals surface area contributed by atoms with Crippen LogP contribution >= 0.6 is 0 Å². The molecule has 2 unspecified atom stereocenters. The average Bonchev–Trinajstić information content (AvgIpc) is 2.45. The van der Waals surface area contributed by atoms with Gasteiger partial charge < -0.3 is 5.32 Å². The summed E-state index contributed by atoms with van der Waals surface area (Å²) in [5, 5.41) is 2.44. The maximum atomic E-state index is 13.5. The highest BCUT2D eigenvalue weighted by Gasteiger charge is 2.27. The van der Waals surface area contributed by atoms with Crippen LogP contribution in [-0.2, 0) is 0 Å². The van der Waals surface area contributed by atoms with Crippen molar-refractivity contribution in [2.24, 2.45) is 5.92 Å². The van der Waals surface area contributed by atoms with Crippen LogP contribution in [0.5, 0.6) is 0 Å². The highest BCUT2D eigenvalue weighted by Crippen LogP contribution is 2.29. The fourth-order valence-electron chi connectivity index (χ4n) is 1.92. The smallest absolute Gasteiger partial charge is 0.200 e. The summed E-state index contributed by atoms with van der Waals surface area (Å²) in [4.78, 5) is 0. The fraction of sp³-hybridized carbons (Fsp3) is 0.571. The second kappa shape index (κ2) is 6.90. The van der Waals surface area contributed by atoms with Gasteiger partial charge in [-0.2, -0.15) is 0 Å². The van der Waals surface area contributed by atoms with Gasteiger partial charge in [-0.3, -0.25) is 0 Å².